The second-order valence-corrected chi connectivity index (χ2v) is 5.68. The molecule has 2 N–H and O–H groups in total. The van der Waals surface area contributed by atoms with E-state index >= 15 is 0 Å². The minimum Gasteiger partial charge on any atom is -0.478 e. The van der Waals surface area contributed by atoms with E-state index in [1.165, 1.54) is 25.0 Å². The summed E-state index contributed by atoms with van der Waals surface area (Å²) >= 11 is 0. The van der Waals surface area contributed by atoms with E-state index in [0.717, 1.165) is 19.5 Å². The highest BCUT2D eigenvalue weighted by molar-refractivity contribution is 5.97. The molecule has 1 amide bonds. The summed E-state index contributed by atoms with van der Waals surface area (Å²) in [7, 11) is 2.13. The van der Waals surface area contributed by atoms with Gasteiger partial charge in [0.15, 0.2) is 0 Å². The molecule has 0 saturated carbocycles. The molecule has 1 aromatic carbocycles. The second-order valence-electron chi connectivity index (χ2n) is 5.68. The number of rotatable bonds is 5. The molecule has 0 aliphatic carbocycles. The van der Waals surface area contributed by atoms with Crippen LogP contribution in [0.25, 0.3) is 0 Å². The third kappa shape index (κ3) is 4.56. The third-order valence-electron chi connectivity index (χ3n) is 4.05. The normalized spacial score (nSPS) is 16.6. The van der Waals surface area contributed by atoms with Crippen LogP contribution in [-0.2, 0) is 0 Å². The quantitative estimate of drug-likeness (QED) is 0.868. The van der Waals surface area contributed by atoms with Crippen LogP contribution in [0.2, 0.25) is 0 Å². The average Bonchev–Trinajstić information content (AvgIpc) is 2.49. The molecule has 1 fully saturated rings. The van der Waals surface area contributed by atoms with Crippen molar-refractivity contribution < 1.29 is 14.7 Å². The Kier molecular flexibility index (Phi) is 5.33. The molecule has 2 rings (SSSR count). The molecule has 114 valence electrons. The molecule has 0 bridgehead atoms. The summed E-state index contributed by atoms with van der Waals surface area (Å²) in [4.78, 5) is 25.2. The van der Waals surface area contributed by atoms with Crippen molar-refractivity contribution in [1.82, 2.24) is 10.2 Å². The van der Waals surface area contributed by atoms with Gasteiger partial charge in [-0.3, -0.25) is 4.79 Å². The topological polar surface area (TPSA) is 69.6 Å². The molecule has 5 nitrogen and oxygen atoms in total. The van der Waals surface area contributed by atoms with Crippen LogP contribution in [0.3, 0.4) is 0 Å². The molecule has 0 radical (unpaired) electrons. The van der Waals surface area contributed by atoms with Gasteiger partial charge in [0.2, 0.25) is 0 Å². The standard InChI is InChI=1S/C16H22N2O3/c1-18-9-6-12(7-10-18)5-8-17-15(19)13-3-2-4-14(11-13)16(20)21/h2-4,11-12H,5-10H2,1H3,(H,17,19)(H,20,21). The molecule has 1 aliphatic heterocycles. The number of carboxylic acid groups (broad SMARTS) is 1. The molecule has 0 atom stereocenters. The number of benzene rings is 1. The molecule has 1 aromatic rings. The molecular formula is C16H22N2O3. The summed E-state index contributed by atoms with van der Waals surface area (Å²) in [6.45, 7) is 2.89. The van der Waals surface area contributed by atoms with Gasteiger partial charge in [0, 0.05) is 12.1 Å². The molecule has 0 spiro atoms. The van der Waals surface area contributed by atoms with Crippen LogP contribution in [0.1, 0.15) is 40.0 Å². The van der Waals surface area contributed by atoms with Crippen LogP contribution >= 0.6 is 0 Å². The smallest absolute Gasteiger partial charge is 0.335 e. The van der Waals surface area contributed by atoms with Crippen molar-refractivity contribution in [1.29, 1.82) is 0 Å². The number of aromatic carboxylic acids is 1. The monoisotopic (exact) mass is 290 g/mol. The van der Waals surface area contributed by atoms with Gasteiger partial charge in [-0.2, -0.15) is 0 Å². The number of likely N-dealkylation sites (tertiary alicyclic amines) is 1. The first-order valence-electron chi connectivity index (χ1n) is 7.36. The first kappa shape index (κ1) is 15.5. The Labute approximate surface area is 125 Å². The number of piperidine rings is 1. The Bertz CT molecular complexity index is 508. The second kappa shape index (κ2) is 7.22. The van der Waals surface area contributed by atoms with Gasteiger partial charge in [0.25, 0.3) is 5.91 Å². The molecule has 21 heavy (non-hydrogen) atoms. The van der Waals surface area contributed by atoms with Crippen LogP contribution in [0.4, 0.5) is 0 Å². The number of hydrogen-bond acceptors (Lipinski definition) is 3. The minimum absolute atomic E-state index is 0.137. The van der Waals surface area contributed by atoms with Crippen LogP contribution in [0.15, 0.2) is 24.3 Å². The molecule has 0 aromatic heterocycles. The van der Waals surface area contributed by atoms with E-state index in [9.17, 15) is 9.59 Å². The lowest BCUT2D eigenvalue weighted by Gasteiger charge is -2.28. The highest BCUT2D eigenvalue weighted by Crippen LogP contribution is 2.18. The van der Waals surface area contributed by atoms with Crippen molar-refractivity contribution in [2.75, 3.05) is 26.7 Å². The molecule has 1 aliphatic rings. The summed E-state index contributed by atoms with van der Waals surface area (Å²) in [5.41, 5.74) is 0.538. The zero-order valence-electron chi connectivity index (χ0n) is 12.3. The van der Waals surface area contributed by atoms with Crippen LogP contribution in [0.5, 0.6) is 0 Å². The predicted molar refractivity (Wildman–Crippen MR) is 80.6 cm³/mol. The minimum atomic E-state index is -1.02. The fourth-order valence-corrected chi connectivity index (χ4v) is 2.64. The fraction of sp³-hybridized carbons (Fsp3) is 0.500. The largest absolute Gasteiger partial charge is 0.478 e. The van der Waals surface area contributed by atoms with Gasteiger partial charge >= 0.3 is 5.97 Å². The first-order chi connectivity index (χ1) is 10.1. The van der Waals surface area contributed by atoms with Crippen LogP contribution in [-0.4, -0.2) is 48.6 Å². The Morgan fingerprint density at radius 2 is 1.95 bits per heavy atom. The number of nitrogens with zero attached hydrogens (tertiary/aromatic N) is 1. The van der Waals surface area contributed by atoms with E-state index < -0.39 is 5.97 Å². The van der Waals surface area contributed by atoms with E-state index in [1.54, 1.807) is 12.1 Å². The fourth-order valence-electron chi connectivity index (χ4n) is 2.64. The van der Waals surface area contributed by atoms with Crippen molar-refractivity contribution in [3.05, 3.63) is 35.4 Å². The number of amides is 1. The molecule has 0 unspecified atom stereocenters. The van der Waals surface area contributed by atoms with Gasteiger partial charge in [0.1, 0.15) is 0 Å². The summed E-state index contributed by atoms with van der Waals surface area (Å²) in [5.74, 6) is -0.547. The van der Waals surface area contributed by atoms with Crippen molar-refractivity contribution in [2.24, 2.45) is 5.92 Å². The highest BCUT2D eigenvalue weighted by atomic mass is 16.4. The van der Waals surface area contributed by atoms with Gasteiger partial charge < -0.3 is 15.3 Å². The van der Waals surface area contributed by atoms with Gasteiger partial charge in [-0.15, -0.1) is 0 Å². The van der Waals surface area contributed by atoms with Crippen molar-refractivity contribution in [3.63, 3.8) is 0 Å². The number of carbonyl (C=O) groups excluding carboxylic acids is 1. The average molecular weight is 290 g/mol. The zero-order valence-corrected chi connectivity index (χ0v) is 12.3. The summed E-state index contributed by atoms with van der Waals surface area (Å²) in [6.07, 6.45) is 3.35. The van der Waals surface area contributed by atoms with E-state index in [4.69, 9.17) is 5.11 Å². The van der Waals surface area contributed by atoms with Crippen LogP contribution in [0, 0.1) is 5.92 Å². The summed E-state index contributed by atoms with van der Waals surface area (Å²) in [5, 5.41) is 11.8. The predicted octanol–water partition coefficient (Wildman–Crippen LogP) is 1.85. The highest BCUT2D eigenvalue weighted by Gasteiger charge is 2.16. The lowest BCUT2D eigenvalue weighted by molar-refractivity contribution is 0.0697. The van der Waals surface area contributed by atoms with E-state index in [1.807, 2.05) is 0 Å². The number of carboxylic acids is 1. The molecular weight excluding hydrogens is 268 g/mol. The van der Waals surface area contributed by atoms with Crippen LogP contribution < -0.4 is 5.32 Å². The Balaban J connectivity index is 1.79. The van der Waals surface area contributed by atoms with E-state index in [0.29, 0.717) is 18.0 Å². The molecule has 1 saturated heterocycles. The van der Waals surface area contributed by atoms with Gasteiger partial charge in [-0.25, -0.2) is 4.79 Å². The molecule has 5 heteroatoms. The maximum Gasteiger partial charge on any atom is 0.335 e. The van der Waals surface area contributed by atoms with Gasteiger partial charge in [-0.05, 0) is 63.5 Å². The maximum absolute atomic E-state index is 12.0. The van der Waals surface area contributed by atoms with E-state index in [2.05, 4.69) is 17.3 Å². The third-order valence-corrected chi connectivity index (χ3v) is 4.05. The summed E-state index contributed by atoms with van der Waals surface area (Å²) < 4.78 is 0. The maximum atomic E-state index is 12.0. The zero-order chi connectivity index (χ0) is 15.2. The van der Waals surface area contributed by atoms with Gasteiger partial charge in [-0.1, -0.05) is 6.07 Å². The lowest BCUT2D eigenvalue weighted by atomic mass is 9.94. The van der Waals surface area contributed by atoms with E-state index in [-0.39, 0.29) is 11.5 Å². The Hall–Kier alpha value is -1.88. The molecule has 1 heterocycles. The van der Waals surface area contributed by atoms with Crippen molar-refractivity contribution in [3.8, 4) is 0 Å². The van der Waals surface area contributed by atoms with Crippen molar-refractivity contribution >= 4 is 11.9 Å². The van der Waals surface area contributed by atoms with Gasteiger partial charge in [0.05, 0.1) is 5.56 Å². The number of nitrogens with one attached hydrogen (secondary N) is 1. The first-order valence-corrected chi connectivity index (χ1v) is 7.36. The Morgan fingerprint density at radius 1 is 1.29 bits per heavy atom. The summed E-state index contributed by atoms with van der Waals surface area (Å²) in [6, 6.07) is 6.12. The number of hydrogen-bond donors (Lipinski definition) is 2. The SMILES string of the molecule is CN1CCC(CCNC(=O)c2cccc(C(=O)O)c2)CC1. The Morgan fingerprint density at radius 3 is 2.62 bits per heavy atom. The lowest BCUT2D eigenvalue weighted by Crippen LogP contribution is -2.32. The van der Waals surface area contributed by atoms with Crippen molar-refractivity contribution in [2.45, 2.75) is 19.3 Å². The number of carbonyl (C=O) groups is 2.